The van der Waals surface area contributed by atoms with Gasteiger partial charge in [-0.05, 0) is 37.3 Å². The Bertz CT molecular complexity index is 500. The molecule has 0 spiro atoms. The van der Waals surface area contributed by atoms with Crippen molar-refractivity contribution in [3.63, 3.8) is 0 Å². The average molecular weight is 274 g/mol. The first-order valence-corrected chi connectivity index (χ1v) is 7.01. The molecule has 0 atom stereocenters. The molecular formula is C15H22N4O. The molecule has 5 heteroatoms. The van der Waals surface area contributed by atoms with Crippen molar-refractivity contribution >= 4 is 17.7 Å². The van der Waals surface area contributed by atoms with Gasteiger partial charge >= 0.3 is 6.03 Å². The van der Waals surface area contributed by atoms with Crippen LogP contribution in [0.25, 0.3) is 0 Å². The number of para-hydroxylation sites is 1. The fraction of sp³-hybridized carbons (Fsp3) is 0.467. The van der Waals surface area contributed by atoms with Crippen LogP contribution in [-0.4, -0.2) is 18.5 Å². The van der Waals surface area contributed by atoms with Crippen molar-refractivity contribution in [3.05, 3.63) is 29.3 Å². The molecule has 1 fully saturated rings. The molecule has 1 aromatic carbocycles. The lowest BCUT2D eigenvalue weighted by atomic mass is 10.1. The molecule has 0 radical (unpaired) electrons. The predicted molar refractivity (Wildman–Crippen MR) is 81.1 cm³/mol. The highest BCUT2D eigenvalue weighted by Gasteiger charge is 2.20. The third-order valence-electron chi connectivity index (χ3n) is 3.45. The molecule has 0 aromatic heterocycles. The van der Waals surface area contributed by atoms with E-state index in [2.05, 4.69) is 15.6 Å². The summed E-state index contributed by atoms with van der Waals surface area (Å²) in [6, 6.07) is 5.61. The fourth-order valence-electron chi connectivity index (χ4n) is 2.09. The molecule has 0 heterocycles. The van der Waals surface area contributed by atoms with E-state index in [0.717, 1.165) is 29.2 Å². The van der Waals surface area contributed by atoms with Gasteiger partial charge in [-0.3, -0.25) is 5.32 Å². The maximum Gasteiger partial charge on any atom is 0.321 e. The number of guanidine groups is 1. The molecule has 108 valence electrons. The Balaban J connectivity index is 1.87. The van der Waals surface area contributed by atoms with Gasteiger partial charge < -0.3 is 11.1 Å². The smallest absolute Gasteiger partial charge is 0.321 e. The maximum absolute atomic E-state index is 11.6. The van der Waals surface area contributed by atoms with Gasteiger partial charge in [0.25, 0.3) is 0 Å². The van der Waals surface area contributed by atoms with E-state index in [1.165, 1.54) is 12.8 Å². The highest BCUT2D eigenvalue weighted by molar-refractivity contribution is 5.96. The van der Waals surface area contributed by atoms with E-state index in [4.69, 9.17) is 5.73 Å². The number of nitrogens with one attached hydrogen (secondary N) is 2. The highest BCUT2D eigenvalue weighted by atomic mass is 16.2. The van der Waals surface area contributed by atoms with E-state index < -0.39 is 0 Å². The minimum atomic E-state index is -0.293. The molecular weight excluding hydrogens is 252 g/mol. The van der Waals surface area contributed by atoms with Gasteiger partial charge in [-0.25, -0.2) is 9.79 Å². The first kappa shape index (κ1) is 14.4. The number of nitrogens with zero attached hydrogens (tertiary/aromatic N) is 1. The predicted octanol–water partition coefficient (Wildman–Crippen LogP) is 2.35. The number of aryl methyl sites for hydroxylation is 2. The first-order chi connectivity index (χ1) is 9.56. The summed E-state index contributed by atoms with van der Waals surface area (Å²) >= 11 is 0. The molecule has 4 N–H and O–H groups in total. The van der Waals surface area contributed by atoms with E-state index in [9.17, 15) is 4.79 Å². The molecule has 20 heavy (non-hydrogen) atoms. The highest BCUT2D eigenvalue weighted by Crippen LogP contribution is 2.31. The van der Waals surface area contributed by atoms with Gasteiger partial charge in [-0.2, -0.15) is 0 Å². The molecule has 2 rings (SSSR count). The van der Waals surface area contributed by atoms with Gasteiger partial charge in [0, 0.05) is 6.54 Å². The van der Waals surface area contributed by atoms with Gasteiger partial charge in [0.2, 0.25) is 5.96 Å². The van der Waals surface area contributed by atoms with Crippen LogP contribution in [0.2, 0.25) is 0 Å². The second-order valence-corrected chi connectivity index (χ2v) is 5.35. The molecule has 5 nitrogen and oxygen atoms in total. The first-order valence-electron chi connectivity index (χ1n) is 7.01. The van der Waals surface area contributed by atoms with Crippen LogP contribution in [0.5, 0.6) is 0 Å². The van der Waals surface area contributed by atoms with Crippen molar-refractivity contribution in [1.82, 2.24) is 10.6 Å². The summed E-state index contributed by atoms with van der Waals surface area (Å²) in [6.07, 6.45) is 3.63. The minimum absolute atomic E-state index is 0.117. The molecule has 1 saturated carbocycles. The number of nitrogens with two attached hydrogens (primary N) is 1. The second kappa shape index (κ2) is 6.41. The Labute approximate surface area is 119 Å². The topological polar surface area (TPSA) is 79.5 Å². The Morgan fingerprint density at radius 2 is 2.00 bits per heavy atom. The van der Waals surface area contributed by atoms with E-state index in [0.29, 0.717) is 6.54 Å². The van der Waals surface area contributed by atoms with Crippen molar-refractivity contribution in [3.8, 4) is 0 Å². The van der Waals surface area contributed by atoms with E-state index in [1.54, 1.807) is 0 Å². The van der Waals surface area contributed by atoms with Gasteiger partial charge in [0.1, 0.15) is 0 Å². The summed E-state index contributed by atoms with van der Waals surface area (Å²) in [5, 5.41) is 5.34. The van der Waals surface area contributed by atoms with Crippen LogP contribution in [0, 0.1) is 19.8 Å². The summed E-state index contributed by atoms with van der Waals surface area (Å²) in [5.74, 6) is 0.919. The van der Waals surface area contributed by atoms with Crippen LogP contribution in [0.1, 0.15) is 30.4 Å². The van der Waals surface area contributed by atoms with Crippen LogP contribution >= 0.6 is 0 Å². The number of aliphatic imine (C=N–C) groups is 1. The third kappa shape index (κ3) is 4.26. The average Bonchev–Trinajstić information content (AvgIpc) is 3.18. The van der Waals surface area contributed by atoms with E-state index in [-0.39, 0.29) is 12.0 Å². The number of hydrogen-bond acceptors (Lipinski definition) is 2. The van der Waals surface area contributed by atoms with Gasteiger partial charge in [-0.1, -0.05) is 31.0 Å². The number of hydrogen-bond donors (Lipinski definition) is 3. The quantitative estimate of drug-likeness (QED) is 0.582. The largest absolute Gasteiger partial charge is 0.369 e. The van der Waals surface area contributed by atoms with E-state index in [1.807, 2.05) is 32.0 Å². The van der Waals surface area contributed by atoms with Crippen molar-refractivity contribution in [2.24, 2.45) is 16.6 Å². The van der Waals surface area contributed by atoms with Crippen LogP contribution < -0.4 is 16.4 Å². The van der Waals surface area contributed by atoms with Crippen LogP contribution in [0.15, 0.2) is 23.2 Å². The Hall–Kier alpha value is -2.04. The molecule has 0 aliphatic heterocycles. The lowest BCUT2D eigenvalue weighted by Crippen LogP contribution is -2.43. The Morgan fingerprint density at radius 1 is 1.35 bits per heavy atom. The lowest BCUT2D eigenvalue weighted by Gasteiger charge is -2.08. The lowest BCUT2D eigenvalue weighted by molar-refractivity contribution is 0.245. The molecule has 1 aliphatic rings. The van der Waals surface area contributed by atoms with Crippen LogP contribution in [0.3, 0.4) is 0 Å². The number of benzene rings is 1. The van der Waals surface area contributed by atoms with Crippen molar-refractivity contribution in [1.29, 1.82) is 0 Å². The Kier molecular flexibility index (Phi) is 4.61. The molecule has 2 amide bonds. The summed E-state index contributed by atoms with van der Waals surface area (Å²) in [7, 11) is 0. The van der Waals surface area contributed by atoms with Gasteiger partial charge in [0.15, 0.2) is 0 Å². The zero-order valence-electron chi connectivity index (χ0n) is 12.1. The number of rotatable bonds is 4. The normalized spacial score (nSPS) is 15.0. The van der Waals surface area contributed by atoms with Crippen LogP contribution in [0.4, 0.5) is 10.5 Å². The van der Waals surface area contributed by atoms with Gasteiger partial charge in [-0.15, -0.1) is 0 Å². The zero-order valence-corrected chi connectivity index (χ0v) is 12.1. The standard InChI is InChI=1S/C15H22N4O/c1-10-4-3-5-11(2)13(10)18-14(16)19-15(20)17-9-8-12-6-7-12/h3-5,12H,6-9H2,1-2H3,(H4,16,17,18,19,20). The monoisotopic (exact) mass is 274 g/mol. The van der Waals surface area contributed by atoms with E-state index >= 15 is 0 Å². The summed E-state index contributed by atoms with van der Waals surface area (Å²) in [6.45, 7) is 4.62. The molecule has 0 saturated heterocycles. The molecule has 0 unspecified atom stereocenters. The zero-order chi connectivity index (χ0) is 14.5. The second-order valence-electron chi connectivity index (χ2n) is 5.35. The summed E-state index contributed by atoms with van der Waals surface area (Å²) in [4.78, 5) is 15.9. The van der Waals surface area contributed by atoms with Crippen molar-refractivity contribution in [2.45, 2.75) is 33.1 Å². The SMILES string of the molecule is Cc1cccc(C)c1N=C(N)NC(=O)NCCC1CC1. The number of carbonyl (C=O) groups is 1. The number of amides is 2. The maximum atomic E-state index is 11.6. The molecule has 1 aromatic rings. The number of carbonyl (C=O) groups excluding carboxylic acids is 1. The summed E-state index contributed by atoms with van der Waals surface area (Å²) in [5.41, 5.74) is 8.64. The van der Waals surface area contributed by atoms with Crippen molar-refractivity contribution in [2.75, 3.05) is 6.54 Å². The summed E-state index contributed by atoms with van der Waals surface area (Å²) < 4.78 is 0. The fourth-order valence-corrected chi connectivity index (χ4v) is 2.09. The minimum Gasteiger partial charge on any atom is -0.369 e. The molecule has 0 bridgehead atoms. The number of urea groups is 1. The third-order valence-corrected chi connectivity index (χ3v) is 3.45. The molecule has 1 aliphatic carbocycles. The van der Waals surface area contributed by atoms with Crippen molar-refractivity contribution < 1.29 is 4.79 Å². The Morgan fingerprint density at radius 3 is 2.60 bits per heavy atom. The van der Waals surface area contributed by atoms with Crippen LogP contribution in [-0.2, 0) is 0 Å². The van der Waals surface area contributed by atoms with Gasteiger partial charge in [0.05, 0.1) is 5.69 Å².